The van der Waals surface area contributed by atoms with Gasteiger partial charge in [-0.2, -0.15) is 0 Å². The second kappa shape index (κ2) is 9.47. The Balaban J connectivity index is 1.38. The molecule has 7 heteroatoms. The molecule has 6 rings (SSSR count). The number of benzene rings is 3. The Hall–Kier alpha value is -5.17. The van der Waals surface area contributed by atoms with E-state index in [1.165, 1.54) is 0 Å². The maximum absolute atomic E-state index is 13.2. The van der Waals surface area contributed by atoms with Gasteiger partial charge in [0.1, 0.15) is 0 Å². The van der Waals surface area contributed by atoms with Gasteiger partial charge < -0.3 is 11.1 Å². The number of nitrogens with two attached hydrogens (primary N) is 1. The Morgan fingerprint density at radius 1 is 0.730 bits per heavy atom. The number of anilines is 1. The summed E-state index contributed by atoms with van der Waals surface area (Å²) in [5, 5.41) is 5.96. The molecular formula is C30H22N6O. The first-order valence-electron chi connectivity index (χ1n) is 11.9. The lowest BCUT2D eigenvalue weighted by atomic mass is 10.0. The van der Waals surface area contributed by atoms with E-state index in [0.29, 0.717) is 11.4 Å². The lowest BCUT2D eigenvalue weighted by Crippen LogP contribution is -2.26. The van der Waals surface area contributed by atoms with Crippen LogP contribution in [0.5, 0.6) is 0 Å². The highest BCUT2D eigenvalue weighted by molar-refractivity contribution is 5.98. The maximum atomic E-state index is 13.2. The first-order valence-corrected chi connectivity index (χ1v) is 11.9. The van der Waals surface area contributed by atoms with Crippen molar-refractivity contribution in [3.8, 4) is 22.5 Å². The monoisotopic (exact) mass is 482 g/mol. The molecule has 3 heterocycles. The number of carbonyl (C=O) groups is 1. The van der Waals surface area contributed by atoms with E-state index in [2.05, 4.69) is 20.3 Å². The zero-order chi connectivity index (χ0) is 25.2. The molecule has 6 aromatic rings. The number of nitrogens with zero attached hydrogens (tertiary/aromatic N) is 4. The minimum absolute atomic E-state index is 0.0639. The summed E-state index contributed by atoms with van der Waals surface area (Å²) >= 11 is 0. The number of carbonyl (C=O) groups excluding carboxylic acids is 1. The van der Waals surface area contributed by atoms with Gasteiger partial charge in [0.05, 0.1) is 29.1 Å². The second-order valence-electron chi connectivity index (χ2n) is 8.64. The number of amides is 1. The van der Waals surface area contributed by atoms with E-state index in [9.17, 15) is 4.79 Å². The van der Waals surface area contributed by atoms with E-state index in [1.54, 1.807) is 12.4 Å². The van der Waals surface area contributed by atoms with Crippen LogP contribution in [-0.4, -0.2) is 25.8 Å². The fraction of sp³-hybridized carbons (Fsp3) is 0.0333. The van der Waals surface area contributed by atoms with Crippen LogP contribution in [0.2, 0.25) is 0 Å². The van der Waals surface area contributed by atoms with E-state index in [-0.39, 0.29) is 18.1 Å². The van der Waals surface area contributed by atoms with E-state index < -0.39 is 5.91 Å². The van der Waals surface area contributed by atoms with Crippen molar-refractivity contribution in [2.45, 2.75) is 6.54 Å². The van der Waals surface area contributed by atoms with Crippen LogP contribution in [0, 0.1) is 0 Å². The number of hydrogen-bond acceptors (Lipinski definition) is 6. The van der Waals surface area contributed by atoms with Crippen molar-refractivity contribution in [3.05, 3.63) is 115 Å². The zero-order valence-electron chi connectivity index (χ0n) is 19.8. The fourth-order valence-electron chi connectivity index (χ4n) is 4.32. The molecule has 178 valence electrons. The van der Waals surface area contributed by atoms with Crippen LogP contribution in [0.4, 0.5) is 5.82 Å². The second-order valence-corrected chi connectivity index (χ2v) is 8.64. The minimum atomic E-state index is -0.414. The summed E-state index contributed by atoms with van der Waals surface area (Å²) in [4.78, 5) is 31.5. The molecule has 0 fully saturated rings. The number of nitrogens with one attached hydrogen (secondary N) is 1. The van der Waals surface area contributed by atoms with Gasteiger partial charge in [0.2, 0.25) is 0 Å². The van der Waals surface area contributed by atoms with Crippen molar-refractivity contribution in [2.24, 2.45) is 0 Å². The Bertz CT molecular complexity index is 1770. The van der Waals surface area contributed by atoms with Gasteiger partial charge in [0.25, 0.3) is 5.91 Å². The highest BCUT2D eigenvalue weighted by Crippen LogP contribution is 2.32. The smallest absolute Gasteiger partial charge is 0.274 e. The molecule has 0 saturated carbocycles. The van der Waals surface area contributed by atoms with E-state index in [4.69, 9.17) is 10.7 Å². The molecule has 0 saturated heterocycles. The Morgan fingerprint density at radius 3 is 2.35 bits per heavy atom. The molecule has 1 amide bonds. The SMILES string of the molecule is Nc1nc(-c2ccccc2)c(-c2ccc3ncccc3c2)nc1C(=O)NCc1cc2ccccc2cn1. The van der Waals surface area contributed by atoms with Crippen LogP contribution in [-0.2, 0) is 6.54 Å². The summed E-state index contributed by atoms with van der Waals surface area (Å²) in [6.07, 6.45) is 3.56. The standard InChI is InChI=1S/C30H22N6O/c31-29-28(30(37)34-18-24-16-20-9-4-5-10-23(20)17-33-24)35-27(26(36-29)19-7-2-1-3-8-19)22-12-13-25-21(15-22)11-6-14-32-25/h1-17H,18H2,(H2,31,36)(H,34,37). The Morgan fingerprint density at radius 2 is 1.49 bits per heavy atom. The predicted octanol–water partition coefficient (Wildman–Crippen LogP) is 5.42. The molecule has 0 atom stereocenters. The lowest BCUT2D eigenvalue weighted by Gasteiger charge is -2.14. The van der Waals surface area contributed by atoms with Gasteiger partial charge in [-0.15, -0.1) is 0 Å². The molecule has 3 N–H and O–H groups in total. The van der Waals surface area contributed by atoms with Crippen molar-refractivity contribution < 1.29 is 4.79 Å². The lowest BCUT2D eigenvalue weighted by molar-refractivity contribution is 0.0946. The molecule has 7 nitrogen and oxygen atoms in total. The van der Waals surface area contributed by atoms with Crippen LogP contribution in [0.25, 0.3) is 44.2 Å². The molecule has 3 aromatic carbocycles. The van der Waals surface area contributed by atoms with Gasteiger partial charge in [-0.25, -0.2) is 9.97 Å². The minimum Gasteiger partial charge on any atom is -0.382 e. The number of fused-ring (bicyclic) bond motifs is 2. The summed E-state index contributed by atoms with van der Waals surface area (Å²) in [7, 11) is 0. The highest BCUT2D eigenvalue weighted by atomic mass is 16.1. The van der Waals surface area contributed by atoms with Crippen molar-refractivity contribution in [2.75, 3.05) is 5.73 Å². The molecular weight excluding hydrogens is 460 g/mol. The Kier molecular flexibility index (Phi) is 5.71. The van der Waals surface area contributed by atoms with Crippen molar-refractivity contribution in [3.63, 3.8) is 0 Å². The maximum Gasteiger partial charge on any atom is 0.274 e. The van der Waals surface area contributed by atoms with Crippen molar-refractivity contribution in [1.82, 2.24) is 25.3 Å². The van der Waals surface area contributed by atoms with Gasteiger partial charge in [-0.3, -0.25) is 14.8 Å². The van der Waals surface area contributed by atoms with Gasteiger partial charge >= 0.3 is 0 Å². The number of nitrogen functional groups attached to an aromatic ring is 1. The van der Waals surface area contributed by atoms with E-state index >= 15 is 0 Å². The van der Waals surface area contributed by atoms with Crippen molar-refractivity contribution in [1.29, 1.82) is 0 Å². The summed E-state index contributed by atoms with van der Waals surface area (Å²) in [6, 6.07) is 29.3. The van der Waals surface area contributed by atoms with Crippen LogP contribution in [0.1, 0.15) is 16.2 Å². The van der Waals surface area contributed by atoms with Gasteiger partial charge in [-0.1, -0.05) is 66.7 Å². The van der Waals surface area contributed by atoms with Crippen molar-refractivity contribution >= 4 is 33.4 Å². The molecule has 0 spiro atoms. The first-order chi connectivity index (χ1) is 18.2. The molecule has 0 aliphatic rings. The summed E-state index contributed by atoms with van der Waals surface area (Å²) in [5.74, 6) is -0.350. The summed E-state index contributed by atoms with van der Waals surface area (Å²) < 4.78 is 0. The normalized spacial score (nSPS) is 11.0. The molecule has 0 aliphatic heterocycles. The molecule has 37 heavy (non-hydrogen) atoms. The van der Waals surface area contributed by atoms with Crippen LogP contribution >= 0.6 is 0 Å². The topological polar surface area (TPSA) is 107 Å². The average Bonchev–Trinajstić information content (AvgIpc) is 2.96. The van der Waals surface area contributed by atoms with Gasteiger partial charge in [-0.05, 0) is 29.7 Å². The zero-order valence-corrected chi connectivity index (χ0v) is 19.8. The van der Waals surface area contributed by atoms with Gasteiger partial charge in [0, 0.05) is 34.3 Å². The molecule has 0 unspecified atom stereocenters. The molecule has 3 aromatic heterocycles. The summed E-state index contributed by atoms with van der Waals surface area (Å²) in [6.45, 7) is 0.238. The number of pyridine rings is 2. The fourth-order valence-corrected chi connectivity index (χ4v) is 4.32. The molecule has 0 bridgehead atoms. The largest absolute Gasteiger partial charge is 0.382 e. The third kappa shape index (κ3) is 4.46. The van der Waals surface area contributed by atoms with Crippen LogP contribution < -0.4 is 11.1 Å². The Labute approximate surface area is 213 Å². The third-order valence-electron chi connectivity index (χ3n) is 6.18. The highest BCUT2D eigenvalue weighted by Gasteiger charge is 2.20. The third-order valence-corrected chi connectivity index (χ3v) is 6.18. The number of aromatic nitrogens is 4. The average molecular weight is 483 g/mol. The number of rotatable bonds is 5. The van der Waals surface area contributed by atoms with Crippen LogP contribution in [0.15, 0.2) is 103 Å². The van der Waals surface area contributed by atoms with Gasteiger partial charge in [0.15, 0.2) is 11.5 Å². The molecule has 0 radical (unpaired) electrons. The number of hydrogen-bond donors (Lipinski definition) is 2. The predicted molar refractivity (Wildman–Crippen MR) is 146 cm³/mol. The summed E-state index contributed by atoms with van der Waals surface area (Å²) in [5.41, 5.74) is 10.8. The van der Waals surface area contributed by atoms with E-state index in [1.807, 2.05) is 91.0 Å². The van der Waals surface area contributed by atoms with Crippen LogP contribution in [0.3, 0.4) is 0 Å². The van der Waals surface area contributed by atoms with E-state index in [0.717, 1.165) is 38.5 Å². The first kappa shape index (κ1) is 22.3. The molecule has 0 aliphatic carbocycles. The quantitative estimate of drug-likeness (QED) is 0.340.